The summed E-state index contributed by atoms with van der Waals surface area (Å²) in [5.74, 6) is 4.74. The van der Waals surface area contributed by atoms with Crippen LogP contribution in [0.25, 0.3) is 0 Å². The van der Waals surface area contributed by atoms with Crippen LogP contribution in [0.2, 0.25) is 0 Å². The van der Waals surface area contributed by atoms with E-state index in [0.29, 0.717) is 0 Å². The Bertz CT molecular complexity index is 243. The van der Waals surface area contributed by atoms with Gasteiger partial charge in [0.25, 0.3) is 0 Å². The zero-order chi connectivity index (χ0) is 7.56. The molecule has 2 N–H and O–H groups in total. The van der Waals surface area contributed by atoms with Crippen LogP contribution in [-0.2, 0) is 4.74 Å². The van der Waals surface area contributed by atoms with Gasteiger partial charge in [0.2, 0.25) is 0 Å². The maximum absolute atomic E-state index is 10.7. The Balaban J connectivity index is 2.93. The highest BCUT2D eigenvalue weighted by molar-refractivity contribution is 5.87. The number of hydrogen-bond donors (Lipinski definition) is 1. The minimum atomic E-state index is -0.486. The molecule has 0 radical (unpaired) electrons. The van der Waals surface area contributed by atoms with Crippen LogP contribution < -0.4 is 5.84 Å². The standard InChI is InChI=1S/C5H7N3O2/c1-10-5(9)4-2-3-7-8(4)6/h2-3H,6H2,1H3. The number of hydrogen-bond acceptors (Lipinski definition) is 4. The SMILES string of the molecule is COC(=O)c1ccnn1N. The number of ether oxygens (including phenoxy) is 1. The number of nitrogens with zero attached hydrogens (tertiary/aromatic N) is 2. The Labute approximate surface area is 57.4 Å². The second-order valence-electron chi connectivity index (χ2n) is 1.65. The van der Waals surface area contributed by atoms with Crippen LogP contribution in [0.1, 0.15) is 10.5 Å². The van der Waals surface area contributed by atoms with Gasteiger partial charge in [-0.15, -0.1) is 0 Å². The lowest BCUT2D eigenvalue weighted by Gasteiger charge is -1.96. The lowest BCUT2D eigenvalue weighted by atomic mass is 10.4. The first kappa shape index (κ1) is 6.60. The van der Waals surface area contributed by atoms with E-state index in [1.54, 1.807) is 0 Å². The Hall–Kier alpha value is -1.52. The van der Waals surface area contributed by atoms with Crippen molar-refractivity contribution in [3.8, 4) is 0 Å². The summed E-state index contributed by atoms with van der Waals surface area (Å²) in [6, 6.07) is 1.48. The third-order valence-electron chi connectivity index (χ3n) is 1.06. The zero-order valence-corrected chi connectivity index (χ0v) is 5.44. The minimum Gasteiger partial charge on any atom is -0.464 e. The molecule has 0 bridgehead atoms. The van der Waals surface area contributed by atoms with Crippen molar-refractivity contribution in [2.75, 3.05) is 13.0 Å². The molecule has 0 fully saturated rings. The predicted octanol–water partition coefficient (Wildman–Crippen LogP) is -0.617. The highest BCUT2D eigenvalue weighted by Gasteiger charge is 2.08. The van der Waals surface area contributed by atoms with E-state index in [2.05, 4.69) is 9.84 Å². The topological polar surface area (TPSA) is 70.1 Å². The molecule has 0 aliphatic carbocycles. The Morgan fingerprint density at radius 2 is 2.60 bits per heavy atom. The summed E-state index contributed by atoms with van der Waals surface area (Å²) >= 11 is 0. The molecule has 5 nitrogen and oxygen atoms in total. The van der Waals surface area contributed by atoms with Crippen LogP contribution in [-0.4, -0.2) is 23.0 Å². The summed E-state index contributed by atoms with van der Waals surface area (Å²) in [5, 5.41) is 3.58. The average Bonchev–Trinajstić information content (AvgIpc) is 2.34. The van der Waals surface area contributed by atoms with Gasteiger partial charge in [0.15, 0.2) is 5.69 Å². The molecular formula is C5H7N3O2. The largest absolute Gasteiger partial charge is 0.464 e. The van der Waals surface area contributed by atoms with E-state index in [-0.39, 0.29) is 5.69 Å². The van der Waals surface area contributed by atoms with Gasteiger partial charge in [-0.25, -0.2) is 4.79 Å². The van der Waals surface area contributed by atoms with E-state index in [4.69, 9.17) is 5.84 Å². The number of carbonyl (C=O) groups excluding carboxylic acids is 1. The van der Waals surface area contributed by atoms with Gasteiger partial charge >= 0.3 is 5.97 Å². The van der Waals surface area contributed by atoms with E-state index >= 15 is 0 Å². The van der Waals surface area contributed by atoms with E-state index < -0.39 is 5.97 Å². The fourth-order valence-corrected chi connectivity index (χ4v) is 0.580. The van der Waals surface area contributed by atoms with Gasteiger partial charge in [-0.3, -0.25) is 0 Å². The van der Waals surface area contributed by atoms with Crippen molar-refractivity contribution < 1.29 is 9.53 Å². The number of nitrogen functional groups attached to an aromatic ring is 1. The van der Waals surface area contributed by atoms with Gasteiger partial charge in [0.1, 0.15) is 0 Å². The zero-order valence-electron chi connectivity index (χ0n) is 5.44. The van der Waals surface area contributed by atoms with Gasteiger partial charge in [-0.2, -0.15) is 9.89 Å². The molecule has 5 heteroatoms. The van der Waals surface area contributed by atoms with E-state index in [0.717, 1.165) is 4.79 Å². The van der Waals surface area contributed by atoms with Gasteiger partial charge in [-0.05, 0) is 6.07 Å². The number of esters is 1. The third kappa shape index (κ3) is 0.928. The van der Waals surface area contributed by atoms with Crippen LogP contribution >= 0.6 is 0 Å². The first-order chi connectivity index (χ1) is 4.75. The molecular weight excluding hydrogens is 134 g/mol. The second kappa shape index (κ2) is 2.38. The number of rotatable bonds is 1. The van der Waals surface area contributed by atoms with Crippen LogP contribution in [0.3, 0.4) is 0 Å². The highest BCUT2D eigenvalue weighted by Crippen LogP contribution is 1.95. The summed E-state index contributed by atoms with van der Waals surface area (Å²) in [5.41, 5.74) is 0.238. The Kier molecular flexibility index (Phi) is 1.57. The summed E-state index contributed by atoms with van der Waals surface area (Å²) in [6.07, 6.45) is 1.42. The normalized spacial score (nSPS) is 9.30. The molecule has 1 aromatic heterocycles. The monoisotopic (exact) mass is 141 g/mol. The number of carbonyl (C=O) groups is 1. The maximum Gasteiger partial charge on any atom is 0.358 e. The minimum absolute atomic E-state index is 0.238. The van der Waals surface area contributed by atoms with Crippen molar-refractivity contribution in [1.29, 1.82) is 0 Å². The quantitative estimate of drug-likeness (QED) is 0.418. The molecule has 0 saturated heterocycles. The number of methoxy groups -OCH3 is 1. The van der Waals surface area contributed by atoms with Gasteiger partial charge < -0.3 is 10.6 Å². The second-order valence-corrected chi connectivity index (χ2v) is 1.65. The maximum atomic E-state index is 10.7. The van der Waals surface area contributed by atoms with Crippen molar-refractivity contribution in [3.63, 3.8) is 0 Å². The van der Waals surface area contributed by atoms with Crippen molar-refractivity contribution in [1.82, 2.24) is 9.89 Å². The van der Waals surface area contributed by atoms with Gasteiger partial charge in [0.05, 0.1) is 13.3 Å². The van der Waals surface area contributed by atoms with Gasteiger partial charge in [-0.1, -0.05) is 0 Å². The molecule has 1 heterocycles. The van der Waals surface area contributed by atoms with Crippen LogP contribution in [0, 0.1) is 0 Å². The average molecular weight is 141 g/mol. The van der Waals surface area contributed by atoms with Crippen molar-refractivity contribution in [2.24, 2.45) is 0 Å². The third-order valence-corrected chi connectivity index (χ3v) is 1.06. The Morgan fingerprint density at radius 1 is 1.90 bits per heavy atom. The van der Waals surface area contributed by atoms with E-state index in [1.807, 2.05) is 0 Å². The number of nitrogens with two attached hydrogens (primary N) is 1. The summed E-state index contributed by atoms with van der Waals surface area (Å²) in [4.78, 5) is 11.7. The molecule has 1 rings (SSSR count). The molecule has 0 saturated carbocycles. The molecule has 0 spiro atoms. The molecule has 0 atom stereocenters. The molecule has 0 aliphatic rings. The summed E-state index contributed by atoms with van der Waals surface area (Å²) < 4.78 is 4.40. The molecule has 54 valence electrons. The summed E-state index contributed by atoms with van der Waals surface area (Å²) in [7, 11) is 1.29. The molecule has 10 heavy (non-hydrogen) atoms. The van der Waals surface area contributed by atoms with Crippen LogP contribution in [0.4, 0.5) is 0 Å². The lowest BCUT2D eigenvalue weighted by molar-refractivity contribution is 0.0589. The Morgan fingerprint density at radius 3 is 3.00 bits per heavy atom. The summed E-state index contributed by atoms with van der Waals surface area (Å²) in [6.45, 7) is 0. The predicted molar refractivity (Wildman–Crippen MR) is 33.7 cm³/mol. The van der Waals surface area contributed by atoms with Crippen molar-refractivity contribution in [2.45, 2.75) is 0 Å². The first-order valence-corrected chi connectivity index (χ1v) is 2.63. The molecule has 0 aromatic carbocycles. The van der Waals surface area contributed by atoms with Crippen molar-refractivity contribution >= 4 is 5.97 Å². The highest BCUT2D eigenvalue weighted by atomic mass is 16.5. The smallest absolute Gasteiger partial charge is 0.358 e. The fraction of sp³-hybridized carbons (Fsp3) is 0.200. The molecule has 0 amide bonds. The van der Waals surface area contributed by atoms with E-state index in [9.17, 15) is 4.79 Å². The molecule has 0 aliphatic heterocycles. The first-order valence-electron chi connectivity index (χ1n) is 2.63. The lowest BCUT2D eigenvalue weighted by Crippen LogP contribution is -2.18. The van der Waals surface area contributed by atoms with Crippen LogP contribution in [0.5, 0.6) is 0 Å². The molecule has 1 aromatic rings. The fourth-order valence-electron chi connectivity index (χ4n) is 0.580. The van der Waals surface area contributed by atoms with Gasteiger partial charge in [0, 0.05) is 0 Å². The van der Waals surface area contributed by atoms with Crippen molar-refractivity contribution in [3.05, 3.63) is 18.0 Å². The van der Waals surface area contributed by atoms with Crippen LogP contribution in [0.15, 0.2) is 12.3 Å². The number of aromatic nitrogens is 2. The molecule has 0 unspecified atom stereocenters. The van der Waals surface area contributed by atoms with E-state index in [1.165, 1.54) is 19.4 Å².